The molecule has 0 atom stereocenters. The fourth-order valence-electron chi connectivity index (χ4n) is 1.05. The Kier molecular flexibility index (Phi) is 3.68. The fourth-order valence-corrected chi connectivity index (χ4v) is 2.31. The average Bonchev–Trinajstić information content (AvgIpc) is 2.28. The zero-order valence-electron chi connectivity index (χ0n) is 8.02. The monoisotopic (exact) mass is 315 g/mol. The molecule has 0 spiro atoms. The molecule has 0 bridgehead atoms. The van der Waals surface area contributed by atoms with Crippen LogP contribution in [0.3, 0.4) is 0 Å². The van der Waals surface area contributed by atoms with Gasteiger partial charge in [-0.3, -0.25) is 0 Å². The first-order valence-electron chi connectivity index (χ1n) is 4.36. The van der Waals surface area contributed by atoms with Crippen LogP contribution in [0.5, 0.6) is 0 Å². The van der Waals surface area contributed by atoms with Crippen LogP contribution in [0.2, 0.25) is 5.15 Å². The second kappa shape index (κ2) is 5.03. The van der Waals surface area contributed by atoms with E-state index in [4.69, 9.17) is 17.3 Å². The normalized spacial score (nSPS) is 10.4. The topological polar surface area (TPSA) is 51.8 Å². The van der Waals surface area contributed by atoms with E-state index in [0.717, 1.165) is 9.37 Å². The largest absolute Gasteiger partial charge is 0.394 e. The van der Waals surface area contributed by atoms with Crippen LogP contribution >= 0.6 is 39.3 Å². The maximum absolute atomic E-state index is 5.81. The summed E-state index contributed by atoms with van der Waals surface area (Å²) in [5.41, 5.74) is 6.19. The zero-order chi connectivity index (χ0) is 11.5. The maximum Gasteiger partial charge on any atom is 0.156 e. The van der Waals surface area contributed by atoms with Crippen molar-refractivity contribution in [1.29, 1.82) is 0 Å². The molecule has 1 aromatic carbocycles. The molecule has 1 heterocycles. The highest BCUT2D eigenvalue weighted by molar-refractivity contribution is 9.10. The first kappa shape index (κ1) is 11.7. The predicted octanol–water partition coefficient (Wildman–Crippen LogP) is 3.63. The van der Waals surface area contributed by atoms with E-state index in [1.807, 2.05) is 24.3 Å². The van der Waals surface area contributed by atoms with Gasteiger partial charge in [-0.25, -0.2) is 9.97 Å². The number of nitrogens with two attached hydrogens (primary N) is 1. The molecular weight excluding hydrogens is 310 g/mol. The molecule has 0 aliphatic carbocycles. The Labute approximate surface area is 111 Å². The van der Waals surface area contributed by atoms with Gasteiger partial charge in [-0.05, 0) is 24.3 Å². The molecule has 6 heteroatoms. The number of benzene rings is 1. The lowest BCUT2D eigenvalue weighted by molar-refractivity contribution is 1.06. The molecule has 0 saturated carbocycles. The predicted molar refractivity (Wildman–Crippen MR) is 69.7 cm³/mol. The Balaban J connectivity index is 2.27. The van der Waals surface area contributed by atoms with Crippen LogP contribution in [-0.2, 0) is 0 Å². The Morgan fingerprint density at radius 1 is 1.19 bits per heavy atom. The summed E-state index contributed by atoms with van der Waals surface area (Å²) in [6.45, 7) is 0. The summed E-state index contributed by atoms with van der Waals surface area (Å²) >= 11 is 10.6. The number of hydrogen-bond donors (Lipinski definition) is 1. The van der Waals surface area contributed by atoms with Crippen LogP contribution in [-0.4, -0.2) is 9.97 Å². The average molecular weight is 317 g/mol. The lowest BCUT2D eigenvalue weighted by atomic mass is 10.4. The Bertz CT molecular complexity index is 504. The zero-order valence-corrected chi connectivity index (χ0v) is 11.2. The molecular formula is C10H7BrClN3S. The van der Waals surface area contributed by atoms with Crippen LogP contribution in [0, 0.1) is 0 Å². The van der Waals surface area contributed by atoms with Gasteiger partial charge in [0.25, 0.3) is 0 Å². The molecule has 0 aliphatic rings. The first-order chi connectivity index (χ1) is 7.66. The van der Waals surface area contributed by atoms with E-state index < -0.39 is 0 Å². The summed E-state index contributed by atoms with van der Waals surface area (Å²) in [6.07, 6.45) is 1.40. The minimum atomic E-state index is 0.287. The third-order valence-corrected chi connectivity index (χ3v) is 3.68. The van der Waals surface area contributed by atoms with Crippen molar-refractivity contribution >= 4 is 45.0 Å². The van der Waals surface area contributed by atoms with Crippen LogP contribution in [0.15, 0.2) is 45.0 Å². The van der Waals surface area contributed by atoms with Crippen molar-refractivity contribution in [2.75, 3.05) is 5.73 Å². The van der Waals surface area contributed by atoms with Gasteiger partial charge in [0.1, 0.15) is 17.0 Å². The van der Waals surface area contributed by atoms with Gasteiger partial charge in [0.15, 0.2) is 5.15 Å². The summed E-state index contributed by atoms with van der Waals surface area (Å²) < 4.78 is 1.03. The minimum absolute atomic E-state index is 0.287. The summed E-state index contributed by atoms with van der Waals surface area (Å²) in [7, 11) is 0. The van der Waals surface area contributed by atoms with Crippen molar-refractivity contribution < 1.29 is 0 Å². The highest BCUT2D eigenvalue weighted by Crippen LogP contribution is 2.33. The van der Waals surface area contributed by atoms with Crippen molar-refractivity contribution in [2.24, 2.45) is 0 Å². The third-order valence-electron chi connectivity index (χ3n) is 1.83. The number of anilines is 1. The van der Waals surface area contributed by atoms with Crippen molar-refractivity contribution in [2.45, 2.75) is 9.92 Å². The smallest absolute Gasteiger partial charge is 0.156 e. The highest BCUT2D eigenvalue weighted by Gasteiger charge is 2.07. The van der Waals surface area contributed by atoms with Crippen LogP contribution < -0.4 is 5.73 Å². The molecule has 0 fully saturated rings. The minimum Gasteiger partial charge on any atom is -0.394 e. The first-order valence-corrected chi connectivity index (χ1v) is 6.35. The van der Waals surface area contributed by atoms with Gasteiger partial charge >= 0.3 is 0 Å². The Morgan fingerprint density at radius 2 is 1.88 bits per heavy atom. The van der Waals surface area contributed by atoms with Crippen LogP contribution in [0.25, 0.3) is 0 Å². The molecule has 16 heavy (non-hydrogen) atoms. The number of nitrogens with zero attached hydrogens (tertiary/aromatic N) is 2. The summed E-state index contributed by atoms with van der Waals surface area (Å²) in [6, 6.07) is 7.87. The lowest BCUT2D eigenvalue weighted by Gasteiger charge is -2.04. The number of hydrogen-bond acceptors (Lipinski definition) is 4. The van der Waals surface area contributed by atoms with Crippen molar-refractivity contribution in [3.63, 3.8) is 0 Å². The molecule has 0 amide bonds. The van der Waals surface area contributed by atoms with Gasteiger partial charge in [0.05, 0.1) is 0 Å². The molecule has 0 unspecified atom stereocenters. The van der Waals surface area contributed by atoms with Gasteiger partial charge in [-0.15, -0.1) is 0 Å². The number of nitrogen functional groups attached to an aromatic ring is 1. The maximum atomic E-state index is 5.81. The third kappa shape index (κ3) is 2.66. The van der Waals surface area contributed by atoms with Gasteiger partial charge in [-0.1, -0.05) is 39.3 Å². The molecule has 0 saturated heterocycles. The summed E-state index contributed by atoms with van der Waals surface area (Å²) in [5, 5.41) is 0.955. The van der Waals surface area contributed by atoms with Crippen molar-refractivity contribution in [3.05, 3.63) is 40.2 Å². The van der Waals surface area contributed by atoms with Crippen molar-refractivity contribution in [1.82, 2.24) is 9.97 Å². The van der Waals surface area contributed by atoms with E-state index in [2.05, 4.69) is 25.9 Å². The Morgan fingerprint density at radius 3 is 2.56 bits per heavy atom. The van der Waals surface area contributed by atoms with Gasteiger partial charge in [0.2, 0.25) is 0 Å². The van der Waals surface area contributed by atoms with E-state index in [9.17, 15) is 0 Å². The number of aromatic nitrogens is 2. The highest BCUT2D eigenvalue weighted by atomic mass is 79.9. The van der Waals surface area contributed by atoms with E-state index in [1.54, 1.807) is 0 Å². The fraction of sp³-hybridized carbons (Fsp3) is 0. The molecule has 2 rings (SSSR count). The van der Waals surface area contributed by atoms with Gasteiger partial charge in [-0.2, -0.15) is 0 Å². The van der Waals surface area contributed by atoms with E-state index in [1.165, 1.54) is 18.1 Å². The molecule has 0 aliphatic heterocycles. The van der Waals surface area contributed by atoms with Gasteiger partial charge < -0.3 is 5.73 Å². The summed E-state index contributed by atoms with van der Waals surface area (Å²) in [5.74, 6) is 0. The molecule has 1 aromatic heterocycles. The second-order valence-electron chi connectivity index (χ2n) is 2.94. The number of halogens is 2. The summed E-state index contributed by atoms with van der Waals surface area (Å²) in [4.78, 5) is 8.94. The number of rotatable bonds is 2. The standard InChI is InChI=1S/C10H7BrClN3S/c11-6-1-3-7(4-2-6)16-10-8(13)9(12)14-5-15-10/h1-5H,13H2. The van der Waals surface area contributed by atoms with Gasteiger partial charge in [0, 0.05) is 9.37 Å². The lowest BCUT2D eigenvalue weighted by Crippen LogP contribution is -1.94. The van der Waals surface area contributed by atoms with E-state index >= 15 is 0 Å². The Hall–Kier alpha value is -0.780. The van der Waals surface area contributed by atoms with Crippen LogP contribution in [0.4, 0.5) is 5.69 Å². The molecule has 2 aromatic rings. The molecule has 3 nitrogen and oxygen atoms in total. The quantitative estimate of drug-likeness (QED) is 0.860. The molecule has 0 radical (unpaired) electrons. The molecule has 82 valence electrons. The SMILES string of the molecule is Nc1c(Cl)ncnc1Sc1ccc(Br)cc1. The molecule has 2 N–H and O–H groups in total. The second-order valence-corrected chi connectivity index (χ2v) is 5.28. The van der Waals surface area contributed by atoms with Crippen LogP contribution in [0.1, 0.15) is 0 Å². The van der Waals surface area contributed by atoms with E-state index in [0.29, 0.717) is 10.7 Å². The van der Waals surface area contributed by atoms with E-state index in [-0.39, 0.29) is 5.15 Å². The van der Waals surface area contributed by atoms with Crippen molar-refractivity contribution in [3.8, 4) is 0 Å².